The first-order valence-electron chi connectivity index (χ1n) is 9.23. The summed E-state index contributed by atoms with van der Waals surface area (Å²) in [5.41, 5.74) is 2.36. The van der Waals surface area contributed by atoms with Crippen molar-refractivity contribution >= 4 is 18.0 Å². The van der Waals surface area contributed by atoms with E-state index in [1.807, 2.05) is 25.1 Å². The highest BCUT2D eigenvalue weighted by Gasteiger charge is 2.24. The Morgan fingerprint density at radius 1 is 1.24 bits per heavy atom. The van der Waals surface area contributed by atoms with E-state index >= 15 is 0 Å². The van der Waals surface area contributed by atoms with Crippen molar-refractivity contribution in [2.75, 3.05) is 20.3 Å². The molecule has 0 aliphatic carbocycles. The number of fused-ring (bicyclic) bond motifs is 1. The molecule has 1 amide bonds. The van der Waals surface area contributed by atoms with Gasteiger partial charge >= 0.3 is 5.97 Å². The summed E-state index contributed by atoms with van der Waals surface area (Å²) in [5.74, 6) is -0.0560. The zero-order chi connectivity index (χ0) is 20.8. The summed E-state index contributed by atoms with van der Waals surface area (Å²) in [6.45, 7) is 2.15. The molecule has 0 fully saturated rings. The molecule has 7 heteroatoms. The second kappa shape index (κ2) is 9.14. The van der Waals surface area contributed by atoms with E-state index in [1.165, 1.54) is 7.11 Å². The van der Waals surface area contributed by atoms with E-state index in [4.69, 9.17) is 14.2 Å². The molecular weight excluding hydrogens is 374 g/mol. The molecule has 1 unspecified atom stereocenters. The maximum Gasteiger partial charge on any atom is 0.330 e. The second-order valence-electron chi connectivity index (χ2n) is 6.50. The van der Waals surface area contributed by atoms with Gasteiger partial charge in [-0.2, -0.15) is 0 Å². The molecule has 7 nitrogen and oxygen atoms in total. The number of aliphatic carboxylic acids is 1. The smallest absolute Gasteiger partial charge is 0.330 e. The monoisotopic (exact) mass is 397 g/mol. The second-order valence-corrected chi connectivity index (χ2v) is 6.50. The predicted molar refractivity (Wildman–Crippen MR) is 107 cm³/mol. The van der Waals surface area contributed by atoms with Crippen LogP contribution in [0.1, 0.15) is 29.7 Å². The molecule has 1 aliphatic heterocycles. The minimum absolute atomic E-state index is 0.336. The zero-order valence-corrected chi connectivity index (χ0v) is 16.3. The van der Waals surface area contributed by atoms with Gasteiger partial charge in [-0.1, -0.05) is 24.3 Å². The first-order chi connectivity index (χ1) is 14.0. The summed E-state index contributed by atoms with van der Waals surface area (Å²) in [5, 5.41) is 12.1. The number of carboxylic acid groups (broad SMARTS) is 1. The summed E-state index contributed by atoms with van der Waals surface area (Å²) in [6, 6.07) is 9.29. The number of ether oxygens (including phenoxy) is 3. The Morgan fingerprint density at radius 3 is 2.79 bits per heavy atom. The Hall–Kier alpha value is -3.48. The van der Waals surface area contributed by atoms with E-state index in [0.29, 0.717) is 23.7 Å². The lowest BCUT2D eigenvalue weighted by Crippen LogP contribution is -2.36. The fourth-order valence-corrected chi connectivity index (χ4v) is 3.12. The van der Waals surface area contributed by atoms with E-state index in [0.717, 1.165) is 23.3 Å². The summed E-state index contributed by atoms with van der Waals surface area (Å²) in [6.07, 6.45) is 4.54. The third-order valence-corrected chi connectivity index (χ3v) is 4.50. The first kappa shape index (κ1) is 20.3. The van der Waals surface area contributed by atoms with Gasteiger partial charge in [0.15, 0.2) is 24.1 Å². The van der Waals surface area contributed by atoms with E-state index in [2.05, 4.69) is 5.32 Å². The number of methoxy groups -OCH3 is 1. The van der Waals surface area contributed by atoms with Gasteiger partial charge in [0, 0.05) is 6.42 Å². The van der Waals surface area contributed by atoms with Gasteiger partial charge in [-0.25, -0.2) is 4.79 Å². The van der Waals surface area contributed by atoms with Crippen LogP contribution in [0.3, 0.4) is 0 Å². The third kappa shape index (κ3) is 4.87. The summed E-state index contributed by atoms with van der Waals surface area (Å²) >= 11 is 0. The van der Waals surface area contributed by atoms with Crippen molar-refractivity contribution in [2.45, 2.75) is 19.4 Å². The number of amides is 1. The minimum Gasteiger partial charge on any atom is -0.493 e. The highest BCUT2D eigenvalue weighted by Crippen LogP contribution is 2.29. The zero-order valence-electron chi connectivity index (χ0n) is 16.3. The largest absolute Gasteiger partial charge is 0.493 e. The van der Waals surface area contributed by atoms with Gasteiger partial charge in [0.1, 0.15) is 5.75 Å². The van der Waals surface area contributed by atoms with Crippen LogP contribution in [0, 0.1) is 0 Å². The Bertz CT molecular complexity index is 937. The van der Waals surface area contributed by atoms with Crippen LogP contribution in [-0.4, -0.2) is 37.3 Å². The Balaban J connectivity index is 1.66. The summed E-state index contributed by atoms with van der Waals surface area (Å²) < 4.78 is 16.3. The molecule has 1 atom stereocenters. The van der Waals surface area contributed by atoms with Gasteiger partial charge in [0.25, 0.3) is 5.91 Å². The average Bonchev–Trinajstić information content (AvgIpc) is 3.18. The molecule has 2 N–H and O–H groups in total. The Labute approximate surface area is 168 Å². The molecule has 0 saturated heterocycles. The molecular formula is C22H23NO6. The third-order valence-electron chi connectivity index (χ3n) is 4.50. The maximum absolute atomic E-state index is 12.3. The fraction of sp³-hybridized carbons (Fsp3) is 0.273. The quantitative estimate of drug-likeness (QED) is 0.711. The standard InChI is InChI=1S/C22H23NO6/c1-3-4-14-5-7-18(19(11-14)27-2)29-13-20(24)23-21(22(25)26)16-6-8-17-15(12-16)9-10-28-17/h3-8,11-12,21H,9-10,13H2,1-2H3,(H,23,24)(H,25,26)/b4-3+. The lowest BCUT2D eigenvalue weighted by Gasteiger charge is -2.17. The van der Waals surface area contributed by atoms with Gasteiger partial charge < -0.3 is 24.6 Å². The van der Waals surface area contributed by atoms with Crippen LogP contribution in [0.2, 0.25) is 0 Å². The molecule has 3 rings (SSSR count). The van der Waals surface area contributed by atoms with Gasteiger partial charge in [0.05, 0.1) is 13.7 Å². The van der Waals surface area contributed by atoms with Gasteiger partial charge in [0.2, 0.25) is 0 Å². The van der Waals surface area contributed by atoms with Crippen LogP contribution in [-0.2, 0) is 16.0 Å². The number of carbonyl (C=O) groups is 2. The minimum atomic E-state index is -1.17. The topological polar surface area (TPSA) is 94.1 Å². The lowest BCUT2D eigenvalue weighted by molar-refractivity contribution is -0.142. The molecule has 1 aliphatic rings. The normalized spacial score (nSPS) is 13.4. The van der Waals surface area contributed by atoms with Crippen LogP contribution < -0.4 is 19.5 Å². The van der Waals surface area contributed by atoms with Crippen LogP contribution in [0.5, 0.6) is 17.2 Å². The van der Waals surface area contributed by atoms with Crippen molar-refractivity contribution in [1.82, 2.24) is 5.32 Å². The molecule has 1 heterocycles. The van der Waals surface area contributed by atoms with Crippen molar-refractivity contribution in [3.8, 4) is 17.2 Å². The average molecular weight is 397 g/mol. The molecule has 29 heavy (non-hydrogen) atoms. The predicted octanol–water partition coefficient (Wildman–Crippen LogP) is 2.98. The van der Waals surface area contributed by atoms with E-state index < -0.39 is 17.9 Å². The number of benzene rings is 2. The number of hydrogen-bond donors (Lipinski definition) is 2. The number of rotatable bonds is 8. The van der Waals surface area contributed by atoms with E-state index in [-0.39, 0.29) is 6.61 Å². The van der Waals surface area contributed by atoms with Crippen molar-refractivity contribution in [3.63, 3.8) is 0 Å². The van der Waals surface area contributed by atoms with Crippen LogP contribution in [0.4, 0.5) is 0 Å². The van der Waals surface area contributed by atoms with Crippen molar-refractivity contribution in [1.29, 1.82) is 0 Å². The number of nitrogens with one attached hydrogen (secondary N) is 1. The molecule has 0 bridgehead atoms. The highest BCUT2D eigenvalue weighted by molar-refractivity contribution is 5.85. The maximum atomic E-state index is 12.3. The molecule has 0 spiro atoms. The molecule has 0 radical (unpaired) electrons. The Morgan fingerprint density at radius 2 is 2.07 bits per heavy atom. The van der Waals surface area contributed by atoms with E-state index in [1.54, 1.807) is 30.3 Å². The molecule has 0 aromatic heterocycles. The van der Waals surface area contributed by atoms with Gasteiger partial charge in [-0.3, -0.25) is 4.79 Å². The summed E-state index contributed by atoms with van der Waals surface area (Å²) in [4.78, 5) is 24.0. The number of carbonyl (C=O) groups excluding carboxylic acids is 1. The van der Waals surface area contributed by atoms with Crippen LogP contribution in [0.15, 0.2) is 42.5 Å². The van der Waals surface area contributed by atoms with Gasteiger partial charge in [-0.05, 0) is 47.9 Å². The number of allylic oxidation sites excluding steroid dienone is 1. The number of carboxylic acids is 1. The van der Waals surface area contributed by atoms with Crippen molar-refractivity contribution in [3.05, 3.63) is 59.2 Å². The van der Waals surface area contributed by atoms with Gasteiger partial charge in [-0.15, -0.1) is 0 Å². The fourth-order valence-electron chi connectivity index (χ4n) is 3.12. The van der Waals surface area contributed by atoms with Crippen molar-refractivity contribution < 1.29 is 28.9 Å². The summed E-state index contributed by atoms with van der Waals surface area (Å²) in [7, 11) is 1.51. The highest BCUT2D eigenvalue weighted by atomic mass is 16.5. The van der Waals surface area contributed by atoms with E-state index in [9.17, 15) is 14.7 Å². The molecule has 2 aromatic rings. The first-order valence-corrected chi connectivity index (χ1v) is 9.23. The number of hydrogen-bond acceptors (Lipinski definition) is 5. The van der Waals surface area contributed by atoms with Crippen LogP contribution in [0.25, 0.3) is 6.08 Å². The van der Waals surface area contributed by atoms with Crippen LogP contribution >= 0.6 is 0 Å². The SMILES string of the molecule is C/C=C/c1ccc(OCC(=O)NC(C(=O)O)c2ccc3c(c2)CCO3)c(OC)c1. The van der Waals surface area contributed by atoms with Crippen molar-refractivity contribution in [2.24, 2.45) is 0 Å². The Kier molecular flexibility index (Phi) is 6.39. The molecule has 0 saturated carbocycles. The molecule has 2 aromatic carbocycles. The lowest BCUT2D eigenvalue weighted by atomic mass is 10.0. The molecule has 152 valence electrons.